The lowest BCUT2D eigenvalue weighted by Crippen LogP contribution is -2.61. The molecule has 0 aromatic rings. The van der Waals surface area contributed by atoms with Gasteiger partial charge >= 0.3 is 29.8 Å². The number of esters is 5. The summed E-state index contributed by atoms with van der Waals surface area (Å²) in [5.74, 6) is 2.28. The normalized spacial score (nSPS) is 35.9. The summed E-state index contributed by atoms with van der Waals surface area (Å²) in [6.45, 7) is 19.3. The van der Waals surface area contributed by atoms with Crippen LogP contribution < -0.4 is 0 Å². The molecule has 0 aromatic heterocycles. The average Bonchev–Trinajstić information content (AvgIpc) is 3.54. The van der Waals surface area contributed by atoms with Crippen LogP contribution in [-0.2, 0) is 47.7 Å². The Labute approximate surface area is 341 Å². The van der Waals surface area contributed by atoms with Crippen molar-refractivity contribution in [2.45, 2.75) is 195 Å². The smallest absolute Gasteiger partial charge is 0.347 e. The molecule has 1 saturated heterocycles. The van der Waals surface area contributed by atoms with Gasteiger partial charge in [-0.2, -0.15) is 0 Å². The standard InChI is InChI=1S/C20H32O4.C16H26O3.C10H16O4/c1-5-19(3,4)18(22)23-12-17(21)24-20(6-2)15-8-13-7-14(10-15)11-16(20)9-13;1-4-14(2,3)13(17)19-16-8-11-5-12(9-16)7-15(18,6-11)10-16;1-4-10(2,3)9(12)14-7-5-6-13-8(7)11/h13-16H,5-12H2,1-4H3;11-12,18H,4-10H2,1-3H3;7H,4-6H2,1-3H3. The van der Waals surface area contributed by atoms with E-state index in [1.165, 1.54) is 38.5 Å². The van der Waals surface area contributed by atoms with Crippen LogP contribution in [0, 0.1) is 51.8 Å². The molecule has 8 aliphatic carbocycles. The Morgan fingerprint density at radius 3 is 1.63 bits per heavy atom. The van der Waals surface area contributed by atoms with Crippen LogP contribution in [0.3, 0.4) is 0 Å². The first kappa shape index (κ1) is 45.4. The van der Waals surface area contributed by atoms with Crippen LogP contribution >= 0.6 is 0 Å². The van der Waals surface area contributed by atoms with Crippen LogP contribution in [-0.4, -0.2) is 71.1 Å². The lowest BCUT2D eigenvalue weighted by molar-refractivity contribution is -0.225. The highest BCUT2D eigenvalue weighted by Crippen LogP contribution is 2.61. The molecule has 3 unspecified atom stereocenters. The van der Waals surface area contributed by atoms with E-state index in [0.717, 1.165) is 50.4 Å². The van der Waals surface area contributed by atoms with Crippen LogP contribution in [0.2, 0.25) is 0 Å². The van der Waals surface area contributed by atoms with E-state index in [0.29, 0.717) is 56.0 Å². The Morgan fingerprint density at radius 1 is 0.684 bits per heavy atom. The van der Waals surface area contributed by atoms with Gasteiger partial charge in [0.25, 0.3) is 0 Å². The number of carbonyl (C=O) groups is 5. The SMILES string of the molecule is CCC(C)(C)C(=O)OC12CC3CC(CC(O)(C3)C1)C2.CCC(C)(C)C(=O)OC1CCOC1=O.CCC(C)(C)C(=O)OCC(=O)OC1(CC)C2CC3CC(C2)CC1C3. The van der Waals surface area contributed by atoms with Crippen molar-refractivity contribution in [3.8, 4) is 0 Å². The Morgan fingerprint density at radius 2 is 1.18 bits per heavy atom. The number of carbonyl (C=O) groups excluding carboxylic acids is 5. The third-order valence-corrected chi connectivity index (χ3v) is 15.4. The highest BCUT2D eigenvalue weighted by molar-refractivity contribution is 5.83. The van der Waals surface area contributed by atoms with Gasteiger partial charge in [-0.3, -0.25) is 14.4 Å². The summed E-state index contributed by atoms with van der Waals surface area (Å²) in [7, 11) is 0. The first-order valence-corrected chi connectivity index (χ1v) is 22.3. The molecule has 9 fully saturated rings. The lowest BCUT2D eigenvalue weighted by Gasteiger charge is -2.60. The second-order valence-corrected chi connectivity index (χ2v) is 21.0. The molecule has 11 nitrogen and oxygen atoms in total. The number of rotatable bonds is 12. The van der Waals surface area contributed by atoms with E-state index in [1.54, 1.807) is 13.8 Å². The Balaban J connectivity index is 0.000000169. The van der Waals surface area contributed by atoms with Gasteiger partial charge in [0.05, 0.1) is 28.5 Å². The van der Waals surface area contributed by atoms with Gasteiger partial charge in [0, 0.05) is 12.8 Å². The molecule has 0 aromatic carbocycles. The zero-order valence-corrected chi connectivity index (χ0v) is 36.8. The Kier molecular flexibility index (Phi) is 13.6. The summed E-state index contributed by atoms with van der Waals surface area (Å²) < 4.78 is 27.0. The molecule has 3 atom stereocenters. The van der Waals surface area contributed by atoms with Gasteiger partial charge in [0.2, 0.25) is 6.10 Å². The van der Waals surface area contributed by atoms with Crippen molar-refractivity contribution in [1.29, 1.82) is 0 Å². The van der Waals surface area contributed by atoms with E-state index < -0.39 is 33.9 Å². The fourth-order valence-electron chi connectivity index (χ4n) is 11.3. The first-order chi connectivity index (χ1) is 26.5. The third kappa shape index (κ3) is 10.0. The van der Waals surface area contributed by atoms with Crippen LogP contribution in [0.1, 0.15) is 172 Å². The molecule has 11 heteroatoms. The van der Waals surface area contributed by atoms with Crippen LogP contribution in [0.4, 0.5) is 0 Å². The van der Waals surface area contributed by atoms with Crippen molar-refractivity contribution in [3.05, 3.63) is 0 Å². The minimum Gasteiger partial charge on any atom is -0.463 e. The summed E-state index contributed by atoms with van der Waals surface area (Å²) in [5.41, 5.74) is -2.71. The monoisotopic (exact) mass is 803 g/mol. The summed E-state index contributed by atoms with van der Waals surface area (Å²) in [6, 6.07) is 0. The largest absolute Gasteiger partial charge is 0.463 e. The molecule has 0 amide bonds. The number of aliphatic hydroxyl groups is 1. The zero-order valence-electron chi connectivity index (χ0n) is 36.8. The van der Waals surface area contributed by atoms with Gasteiger partial charge in [0.1, 0.15) is 11.2 Å². The van der Waals surface area contributed by atoms with Crippen LogP contribution in [0.15, 0.2) is 0 Å². The molecular weight excluding hydrogens is 728 g/mol. The molecule has 9 rings (SSSR count). The molecule has 1 N–H and O–H groups in total. The predicted molar refractivity (Wildman–Crippen MR) is 213 cm³/mol. The number of hydrogen-bond acceptors (Lipinski definition) is 11. The molecule has 1 aliphatic heterocycles. The molecule has 0 radical (unpaired) electrons. The van der Waals surface area contributed by atoms with Gasteiger partial charge in [-0.05, 0) is 167 Å². The van der Waals surface area contributed by atoms with Crippen molar-refractivity contribution >= 4 is 29.8 Å². The zero-order chi connectivity index (χ0) is 42.2. The lowest BCUT2D eigenvalue weighted by atomic mass is 9.49. The molecule has 8 saturated carbocycles. The number of cyclic esters (lactones) is 1. The summed E-state index contributed by atoms with van der Waals surface area (Å²) >= 11 is 0. The van der Waals surface area contributed by atoms with Gasteiger partial charge in [-0.1, -0.05) is 27.7 Å². The molecule has 0 spiro atoms. The van der Waals surface area contributed by atoms with Gasteiger partial charge in [0.15, 0.2) is 6.61 Å². The van der Waals surface area contributed by atoms with Crippen molar-refractivity contribution in [2.24, 2.45) is 51.8 Å². The fraction of sp³-hybridized carbons (Fsp3) is 0.891. The van der Waals surface area contributed by atoms with E-state index in [4.69, 9.17) is 23.7 Å². The van der Waals surface area contributed by atoms with Crippen molar-refractivity contribution < 1.29 is 52.8 Å². The maximum absolute atomic E-state index is 12.4. The van der Waals surface area contributed by atoms with Crippen LogP contribution in [0.25, 0.3) is 0 Å². The molecule has 8 bridgehead atoms. The highest BCUT2D eigenvalue weighted by atomic mass is 16.6. The predicted octanol–water partition coefficient (Wildman–Crippen LogP) is 8.44. The fourth-order valence-corrected chi connectivity index (χ4v) is 11.3. The molecule has 324 valence electrons. The Bertz CT molecular complexity index is 1450. The second kappa shape index (κ2) is 17.1. The molecular formula is C46H74O11. The van der Waals surface area contributed by atoms with Gasteiger partial charge in [-0.25, -0.2) is 9.59 Å². The van der Waals surface area contributed by atoms with E-state index in [1.807, 2.05) is 48.5 Å². The average molecular weight is 803 g/mol. The molecule has 57 heavy (non-hydrogen) atoms. The maximum atomic E-state index is 12.4. The topological polar surface area (TPSA) is 152 Å². The summed E-state index contributed by atoms with van der Waals surface area (Å²) in [6.07, 6.45) is 14.7. The van der Waals surface area contributed by atoms with E-state index in [9.17, 15) is 29.1 Å². The second-order valence-electron chi connectivity index (χ2n) is 21.0. The van der Waals surface area contributed by atoms with Gasteiger partial charge in [-0.15, -0.1) is 0 Å². The van der Waals surface area contributed by atoms with Crippen molar-refractivity contribution in [3.63, 3.8) is 0 Å². The summed E-state index contributed by atoms with van der Waals surface area (Å²) in [5, 5.41) is 10.6. The molecule has 1 heterocycles. The van der Waals surface area contributed by atoms with Crippen molar-refractivity contribution in [1.82, 2.24) is 0 Å². The van der Waals surface area contributed by atoms with Gasteiger partial charge < -0.3 is 28.8 Å². The third-order valence-electron chi connectivity index (χ3n) is 15.4. The number of ether oxygens (including phenoxy) is 5. The van der Waals surface area contributed by atoms with E-state index >= 15 is 0 Å². The minimum atomic E-state index is -0.687. The van der Waals surface area contributed by atoms with E-state index in [2.05, 4.69) is 6.92 Å². The summed E-state index contributed by atoms with van der Waals surface area (Å²) in [4.78, 5) is 59.5. The highest BCUT2D eigenvalue weighted by Gasteiger charge is 2.60. The Hall–Kier alpha value is -2.69. The van der Waals surface area contributed by atoms with E-state index in [-0.39, 0.29) is 41.7 Å². The quantitative estimate of drug-likeness (QED) is 0.150. The van der Waals surface area contributed by atoms with Crippen LogP contribution in [0.5, 0.6) is 0 Å². The van der Waals surface area contributed by atoms with Crippen molar-refractivity contribution in [2.75, 3.05) is 13.2 Å². The molecule has 9 aliphatic rings. The number of hydrogen-bond donors (Lipinski definition) is 1. The first-order valence-electron chi connectivity index (χ1n) is 22.3. The minimum absolute atomic E-state index is 0.0828. The maximum Gasteiger partial charge on any atom is 0.347 e.